The van der Waals surface area contributed by atoms with Gasteiger partial charge < -0.3 is 10.1 Å². The van der Waals surface area contributed by atoms with E-state index in [0.717, 1.165) is 32.3 Å². The van der Waals surface area contributed by atoms with Gasteiger partial charge in [0.05, 0.1) is 12.1 Å². The molecule has 2 aliphatic carbocycles. The molecule has 0 spiro atoms. The van der Waals surface area contributed by atoms with Crippen LogP contribution < -0.4 is 10.6 Å². The van der Waals surface area contributed by atoms with Crippen molar-refractivity contribution in [3.05, 3.63) is 6.33 Å². The smallest absolute Gasteiger partial charge is 0.321 e. The Bertz CT molecular complexity index is 565. The number of nitrogens with one attached hydrogen (secondary N) is 2. The molecule has 0 aromatic carbocycles. The van der Waals surface area contributed by atoms with Crippen LogP contribution in [0.3, 0.4) is 0 Å². The summed E-state index contributed by atoms with van der Waals surface area (Å²) in [6, 6.07) is 0.405. The molecule has 4 rings (SSSR count). The molecule has 2 saturated carbocycles. The molecule has 0 bridgehead atoms. The fraction of sp³-hybridized carbons (Fsp3) is 0.824. The predicted molar refractivity (Wildman–Crippen MR) is 89.8 cm³/mol. The first-order chi connectivity index (χ1) is 11.8. The second-order valence-electron chi connectivity index (χ2n) is 7.41. The maximum Gasteiger partial charge on any atom is 0.321 e. The van der Waals surface area contributed by atoms with E-state index in [1.165, 1.54) is 32.1 Å². The van der Waals surface area contributed by atoms with Gasteiger partial charge in [0.25, 0.3) is 0 Å². The fourth-order valence-corrected chi connectivity index (χ4v) is 3.93. The van der Waals surface area contributed by atoms with Crippen LogP contribution in [0.2, 0.25) is 0 Å². The first kappa shape index (κ1) is 15.9. The number of carbonyl (C=O) groups is 1. The van der Waals surface area contributed by atoms with Gasteiger partial charge in [0.1, 0.15) is 6.33 Å². The van der Waals surface area contributed by atoms with Gasteiger partial charge in [0, 0.05) is 12.6 Å². The lowest BCUT2D eigenvalue weighted by Gasteiger charge is -2.30. The minimum Gasteiger partial charge on any atom is -0.378 e. The van der Waals surface area contributed by atoms with E-state index in [-0.39, 0.29) is 12.1 Å². The number of ether oxygens (including phenoxy) is 1. The molecule has 0 radical (unpaired) electrons. The molecule has 0 unspecified atom stereocenters. The van der Waals surface area contributed by atoms with E-state index in [9.17, 15) is 4.79 Å². The third kappa shape index (κ3) is 3.88. The van der Waals surface area contributed by atoms with Crippen molar-refractivity contribution >= 4 is 12.0 Å². The summed E-state index contributed by atoms with van der Waals surface area (Å²) in [5.41, 5.74) is 0. The summed E-state index contributed by atoms with van der Waals surface area (Å²) < 4.78 is 7.71. The van der Waals surface area contributed by atoms with Crippen LogP contribution in [0.4, 0.5) is 10.7 Å². The third-order valence-corrected chi connectivity index (χ3v) is 5.48. The number of amides is 2. The highest BCUT2D eigenvalue weighted by Gasteiger charge is 2.36. The highest BCUT2D eigenvalue weighted by Crippen LogP contribution is 2.38. The average molecular weight is 333 g/mol. The summed E-state index contributed by atoms with van der Waals surface area (Å²) in [4.78, 5) is 16.4. The standard InChI is InChI=1S/C17H27N5O2/c23-17(19-13-8-9-24-15(10-13)12-6-7-12)20-16-18-11-22(21-16)14-4-2-1-3-5-14/h11-15H,1-10H2,(H2,19,20,21,23)/t13-,15+/m1/s1. The van der Waals surface area contributed by atoms with E-state index in [1.807, 2.05) is 4.68 Å². The summed E-state index contributed by atoms with van der Waals surface area (Å²) in [5.74, 6) is 1.11. The number of carbonyl (C=O) groups excluding carboxylic acids is 1. The molecule has 7 nitrogen and oxygen atoms in total. The van der Waals surface area contributed by atoms with E-state index >= 15 is 0 Å². The van der Waals surface area contributed by atoms with Crippen LogP contribution in [-0.4, -0.2) is 39.5 Å². The van der Waals surface area contributed by atoms with Gasteiger partial charge in [-0.3, -0.25) is 5.32 Å². The summed E-state index contributed by atoms with van der Waals surface area (Å²) in [6.45, 7) is 0.737. The van der Waals surface area contributed by atoms with Gasteiger partial charge in [-0.1, -0.05) is 19.3 Å². The SMILES string of the molecule is O=C(Nc1ncn(C2CCCCC2)n1)N[C@@H]1CCO[C@H](C2CC2)C1. The Morgan fingerprint density at radius 2 is 2.00 bits per heavy atom. The van der Waals surface area contributed by atoms with E-state index in [1.54, 1.807) is 6.33 Å². The van der Waals surface area contributed by atoms with Gasteiger partial charge in [-0.05, 0) is 44.4 Å². The lowest BCUT2D eigenvalue weighted by molar-refractivity contribution is -0.00890. The third-order valence-electron chi connectivity index (χ3n) is 5.48. The maximum absolute atomic E-state index is 12.2. The molecule has 3 fully saturated rings. The Morgan fingerprint density at radius 1 is 1.17 bits per heavy atom. The molecule has 7 heteroatoms. The van der Waals surface area contributed by atoms with Crippen LogP contribution in [0.25, 0.3) is 0 Å². The highest BCUT2D eigenvalue weighted by atomic mass is 16.5. The van der Waals surface area contributed by atoms with Gasteiger partial charge in [-0.2, -0.15) is 0 Å². The van der Waals surface area contributed by atoms with Crippen molar-refractivity contribution in [2.75, 3.05) is 11.9 Å². The molecule has 2 heterocycles. The molecule has 1 aromatic heterocycles. The van der Waals surface area contributed by atoms with Gasteiger partial charge in [-0.25, -0.2) is 14.5 Å². The zero-order valence-corrected chi connectivity index (χ0v) is 14.1. The zero-order chi connectivity index (χ0) is 16.4. The van der Waals surface area contributed by atoms with E-state index in [4.69, 9.17) is 4.74 Å². The average Bonchev–Trinajstić information content (AvgIpc) is 3.36. The van der Waals surface area contributed by atoms with E-state index < -0.39 is 0 Å². The zero-order valence-electron chi connectivity index (χ0n) is 14.1. The number of hydrogen-bond donors (Lipinski definition) is 2. The fourth-order valence-electron chi connectivity index (χ4n) is 3.93. The Hall–Kier alpha value is -1.63. The Kier molecular flexibility index (Phi) is 4.69. The van der Waals surface area contributed by atoms with Crippen molar-refractivity contribution in [3.63, 3.8) is 0 Å². The van der Waals surface area contributed by atoms with Crippen LogP contribution >= 0.6 is 0 Å². The van der Waals surface area contributed by atoms with Gasteiger partial charge >= 0.3 is 6.03 Å². The topological polar surface area (TPSA) is 81.1 Å². The van der Waals surface area contributed by atoms with E-state index in [2.05, 4.69) is 20.7 Å². The van der Waals surface area contributed by atoms with Crippen LogP contribution in [0.1, 0.15) is 63.8 Å². The van der Waals surface area contributed by atoms with Gasteiger partial charge in [0.15, 0.2) is 0 Å². The lowest BCUT2D eigenvalue weighted by Crippen LogP contribution is -2.44. The highest BCUT2D eigenvalue weighted by molar-refractivity contribution is 5.87. The number of anilines is 1. The molecule has 2 atom stereocenters. The molecule has 3 aliphatic rings. The van der Waals surface area contributed by atoms with Gasteiger partial charge in [-0.15, -0.1) is 5.10 Å². The quantitative estimate of drug-likeness (QED) is 0.888. The van der Waals surface area contributed by atoms with Crippen LogP contribution in [-0.2, 0) is 4.74 Å². The normalized spacial score (nSPS) is 28.5. The van der Waals surface area contributed by atoms with Crippen LogP contribution in [0.5, 0.6) is 0 Å². The summed E-state index contributed by atoms with van der Waals surface area (Å²) in [7, 11) is 0. The molecule has 132 valence electrons. The molecule has 1 saturated heterocycles. The number of aromatic nitrogens is 3. The molecule has 2 amide bonds. The van der Waals surface area contributed by atoms with Crippen LogP contribution in [0, 0.1) is 5.92 Å². The van der Waals surface area contributed by atoms with Crippen molar-refractivity contribution < 1.29 is 9.53 Å². The summed E-state index contributed by atoms with van der Waals surface area (Å²) >= 11 is 0. The molecule has 1 aromatic rings. The van der Waals surface area contributed by atoms with Gasteiger partial charge in [0.2, 0.25) is 5.95 Å². The molecular weight excluding hydrogens is 306 g/mol. The number of hydrogen-bond acceptors (Lipinski definition) is 4. The first-order valence-corrected chi connectivity index (χ1v) is 9.38. The maximum atomic E-state index is 12.2. The molecule has 24 heavy (non-hydrogen) atoms. The van der Waals surface area contributed by atoms with Crippen molar-refractivity contribution in [2.24, 2.45) is 5.92 Å². The second-order valence-corrected chi connectivity index (χ2v) is 7.41. The number of rotatable bonds is 4. The monoisotopic (exact) mass is 333 g/mol. The lowest BCUT2D eigenvalue weighted by atomic mass is 9.96. The molecule has 2 N–H and O–H groups in total. The van der Waals surface area contributed by atoms with Crippen molar-refractivity contribution in [1.82, 2.24) is 20.1 Å². The predicted octanol–water partition coefficient (Wildman–Crippen LogP) is 2.86. The molecule has 1 aliphatic heterocycles. The Morgan fingerprint density at radius 3 is 2.79 bits per heavy atom. The summed E-state index contributed by atoms with van der Waals surface area (Å²) in [6.07, 6.45) is 12.5. The number of nitrogens with zero attached hydrogens (tertiary/aromatic N) is 3. The van der Waals surface area contributed by atoms with Crippen molar-refractivity contribution in [2.45, 2.75) is 76.0 Å². The summed E-state index contributed by atoms with van der Waals surface area (Å²) in [5, 5.41) is 10.3. The minimum atomic E-state index is -0.210. The minimum absolute atomic E-state index is 0.185. The second kappa shape index (κ2) is 7.09. The first-order valence-electron chi connectivity index (χ1n) is 9.38. The van der Waals surface area contributed by atoms with Crippen LogP contribution in [0.15, 0.2) is 6.33 Å². The number of urea groups is 1. The Balaban J connectivity index is 1.27. The molecular formula is C17H27N5O2. The van der Waals surface area contributed by atoms with Crippen molar-refractivity contribution in [1.29, 1.82) is 0 Å². The largest absolute Gasteiger partial charge is 0.378 e. The Labute approximate surface area is 142 Å². The van der Waals surface area contributed by atoms with Crippen molar-refractivity contribution in [3.8, 4) is 0 Å². The van der Waals surface area contributed by atoms with E-state index in [0.29, 0.717) is 24.0 Å².